The fraction of sp³-hybridized carbons (Fsp3) is 0.304. The van der Waals surface area contributed by atoms with Gasteiger partial charge in [0.05, 0.1) is 35.7 Å². The number of fused-ring (bicyclic) bond motifs is 1. The number of benzene rings is 1. The minimum absolute atomic E-state index is 0.154. The Hall–Kier alpha value is -3.52. The molecule has 0 spiro atoms. The molecule has 8 heteroatoms. The largest absolute Gasteiger partial charge is 0.394 e. The minimum Gasteiger partial charge on any atom is -0.394 e. The Balaban J connectivity index is 1.40. The van der Waals surface area contributed by atoms with Gasteiger partial charge in [-0.05, 0) is 36.5 Å². The molecular weight excluding hydrogens is 394 g/mol. The molecule has 2 unspecified atom stereocenters. The summed E-state index contributed by atoms with van der Waals surface area (Å²) in [5.74, 6) is -0.206. The van der Waals surface area contributed by atoms with E-state index in [0.29, 0.717) is 30.6 Å². The monoisotopic (exact) mass is 419 g/mol. The highest BCUT2D eigenvalue weighted by molar-refractivity contribution is 5.95. The van der Waals surface area contributed by atoms with E-state index >= 15 is 0 Å². The summed E-state index contributed by atoms with van der Waals surface area (Å²) in [6.07, 6.45) is 6.26. The smallest absolute Gasteiger partial charge is 0.255 e. The SMILES string of the molecule is O=C(NCC1CCn2ncc(C(=O)NC(CO)c3ccccc3)c2C1)c1cccnc1. The van der Waals surface area contributed by atoms with Gasteiger partial charge in [0, 0.05) is 25.5 Å². The molecule has 2 aromatic heterocycles. The van der Waals surface area contributed by atoms with Crippen LogP contribution in [0.25, 0.3) is 0 Å². The molecule has 3 N–H and O–H groups in total. The van der Waals surface area contributed by atoms with Crippen molar-refractivity contribution in [2.75, 3.05) is 13.2 Å². The number of aromatic nitrogens is 3. The van der Waals surface area contributed by atoms with Crippen LogP contribution in [0.4, 0.5) is 0 Å². The number of rotatable bonds is 7. The lowest BCUT2D eigenvalue weighted by Gasteiger charge is -2.24. The third-order valence-electron chi connectivity index (χ3n) is 5.59. The Morgan fingerprint density at radius 2 is 1.97 bits per heavy atom. The van der Waals surface area contributed by atoms with Crippen molar-refractivity contribution in [3.8, 4) is 0 Å². The molecule has 8 nitrogen and oxygen atoms in total. The summed E-state index contributed by atoms with van der Waals surface area (Å²) in [4.78, 5) is 29.2. The first-order chi connectivity index (χ1) is 15.2. The quantitative estimate of drug-likeness (QED) is 0.540. The summed E-state index contributed by atoms with van der Waals surface area (Å²) in [5.41, 5.74) is 2.74. The van der Waals surface area contributed by atoms with Crippen LogP contribution in [0.1, 0.15) is 44.4 Å². The molecule has 0 saturated heterocycles. The number of aliphatic hydroxyl groups excluding tert-OH is 1. The van der Waals surface area contributed by atoms with Gasteiger partial charge < -0.3 is 15.7 Å². The predicted octanol–water partition coefficient (Wildman–Crippen LogP) is 1.73. The number of pyridine rings is 1. The van der Waals surface area contributed by atoms with E-state index in [4.69, 9.17) is 0 Å². The van der Waals surface area contributed by atoms with Crippen molar-refractivity contribution < 1.29 is 14.7 Å². The average Bonchev–Trinajstić information content (AvgIpc) is 3.25. The molecular formula is C23H25N5O3. The van der Waals surface area contributed by atoms with Crippen LogP contribution in [0.2, 0.25) is 0 Å². The molecule has 0 radical (unpaired) electrons. The second kappa shape index (κ2) is 9.53. The summed E-state index contributed by atoms with van der Waals surface area (Å²) >= 11 is 0. The van der Waals surface area contributed by atoms with Crippen molar-refractivity contribution in [2.45, 2.75) is 25.4 Å². The summed E-state index contributed by atoms with van der Waals surface area (Å²) in [5, 5.41) is 20.0. The normalized spacial score (nSPS) is 16.2. The first-order valence-corrected chi connectivity index (χ1v) is 10.3. The van der Waals surface area contributed by atoms with Gasteiger partial charge >= 0.3 is 0 Å². The highest BCUT2D eigenvalue weighted by atomic mass is 16.3. The van der Waals surface area contributed by atoms with Gasteiger partial charge in [-0.15, -0.1) is 0 Å². The van der Waals surface area contributed by atoms with Gasteiger partial charge in [-0.25, -0.2) is 0 Å². The van der Waals surface area contributed by atoms with E-state index in [9.17, 15) is 14.7 Å². The lowest BCUT2D eigenvalue weighted by Crippen LogP contribution is -2.35. The van der Waals surface area contributed by atoms with Crippen molar-refractivity contribution in [2.24, 2.45) is 5.92 Å². The zero-order chi connectivity index (χ0) is 21.6. The number of carbonyl (C=O) groups excluding carboxylic acids is 2. The van der Waals surface area contributed by atoms with E-state index in [2.05, 4.69) is 20.7 Å². The van der Waals surface area contributed by atoms with Crippen LogP contribution in [0.15, 0.2) is 61.1 Å². The van der Waals surface area contributed by atoms with Gasteiger partial charge in [-0.3, -0.25) is 19.3 Å². The second-order valence-corrected chi connectivity index (χ2v) is 7.66. The van der Waals surface area contributed by atoms with Gasteiger partial charge in [0.1, 0.15) is 0 Å². The van der Waals surface area contributed by atoms with E-state index in [1.807, 2.05) is 35.0 Å². The Morgan fingerprint density at radius 1 is 1.13 bits per heavy atom. The molecule has 2 amide bonds. The molecule has 4 rings (SSSR count). The summed E-state index contributed by atoms with van der Waals surface area (Å²) in [6, 6.07) is 12.3. The van der Waals surface area contributed by atoms with Crippen molar-refractivity contribution in [3.63, 3.8) is 0 Å². The van der Waals surface area contributed by atoms with Gasteiger partial charge in [0.25, 0.3) is 11.8 Å². The predicted molar refractivity (Wildman–Crippen MR) is 114 cm³/mol. The number of nitrogens with one attached hydrogen (secondary N) is 2. The molecule has 1 aliphatic rings. The third-order valence-corrected chi connectivity index (χ3v) is 5.59. The molecule has 31 heavy (non-hydrogen) atoms. The number of hydrogen-bond donors (Lipinski definition) is 3. The second-order valence-electron chi connectivity index (χ2n) is 7.66. The number of nitrogens with zero attached hydrogens (tertiary/aromatic N) is 3. The lowest BCUT2D eigenvalue weighted by molar-refractivity contribution is 0.0910. The molecule has 0 aliphatic carbocycles. The lowest BCUT2D eigenvalue weighted by atomic mass is 9.94. The van der Waals surface area contributed by atoms with Crippen molar-refractivity contribution in [1.82, 2.24) is 25.4 Å². The van der Waals surface area contributed by atoms with Crippen LogP contribution in [-0.4, -0.2) is 44.8 Å². The van der Waals surface area contributed by atoms with Crippen LogP contribution in [0.3, 0.4) is 0 Å². The van der Waals surface area contributed by atoms with Gasteiger partial charge in [-0.2, -0.15) is 5.10 Å². The van der Waals surface area contributed by atoms with Gasteiger partial charge in [-0.1, -0.05) is 30.3 Å². The van der Waals surface area contributed by atoms with E-state index in [1.54, 1.807) is 24.5 Å². The molecule has 0 saturated carbocycles. The Kier molecular flexibility index (Phi) is 6.37. The standard InChI is InChI=1S/C23H25N5O3/c29-15-20(17-5-2-1-3-6-17)27-23(31)19-14-26-28-10-8-16(11-21(19)28)12-25-22(30)18-7-4-9-24-13-18/h1-7,9,13-14,16,20,29H,8,10-12,15H2,(H,25,30)(H,27,31). The highest BCUT2D eigenvalue weighted by Crippen LogP contribution is 2.23. The Morgan fingerprint density at radius 3 is 2.71 bits per heavy atom. The van der Waals surface area contributed by atoms with Crippen LogP contribution in [-0.2, 0) is 13.0 Å². The average molecular weight is 419 g/mol. The Labute approximate surface area is 180 Å². The number of amides is 2. The number of carbonyl (C=O) groups is 2. The minimum atomic E-state index is -0.484. The summed E-state index contributed by atoms with van der Waals surface area (Å²) in [7, 11) is 0. The van der Waals surface area contributed by atoms with Crippen molar-refractivity contribution >= 4 is 11.8 Å². The van der Waals surface area contributed by atoms with Crippen molar-refractivity contribution in [1.29, 1.82) is 0 Å². The molecule has 2 atom stereocenters. The molecule has 3 heterocycles. The molecule has 0 fully saturated rings. The zero-order valence-electron chi connectivity index (χ0n) is 17.1. The molecule has 0 bridgehead atoms. The molecule has 1 aromatic carbocycles. The molecule has 160 valence electrons. The maximum atomic E-state index is 12.9. The van der Waals surface area contributed by atoms with Crippen LogP contribution >= 0.6 is 0 Å². The van der Waals surface area contributed by atoms with Gasteiger partial charge in [0.2, 0.25) is 0 Å². The van der Waals surface area contributed by atoms with E-state index in [-0.39, 0.29) is 24.3 Å². The zero-order valence-corrected chi connectivity index (χ0v) is 17.1. The first-order valence-electron chi connectivity index (χ1n) is 10.3. The Bertz CT molecular complexity index is 1040. The van der Waals surface area contributed by atoms with Gasteiger partial charge in [0.15, 0.2) is 0 Å². The van der Waals surface area contributed by atoms with Crippen LogP contribution in [0, 0.1) is 5.92 Å². The summed E-state index contributed by atoms with van der Waals surface area (Å²) in [6.45, 7) is 1.02. The first kappa shape index (κ1) is 20.7. The third kappa shape index (κ3) is 4.80. The maximum absolute atomic E-state index is 12.9. The number of aryl methyl sites for hydroxylation is 1. The molecule has 1 aliphatic heterocycles. The fourth-order valence-corrected chi connectivity index (χ4v) is 3.85. The van der Waals surface area contributed by atoms with Crippen LogP contribution < -0.4 is 10.6 Å². The highest BCUT2D eigenvalue weighted by Gasteiger charge is 2.26. The topological polar surface area (TPSA) is 109 Å². The summed E-state index contributed by atoms with van der Waals surface area (Å²) < 4.78 is 1.85. The fourth-order valence-electron chi connectivity index (χ4n) is 3.85. The molecule has 3 aromatic rings. The van der Waals surface area contributed by atoms with E-state index in [1.165, 1.54) is 6.20 Å². The van der Waals surface area contributed by atoms with E-state index < -0.39 is 6.04 Å². The number of hydrogen-bond acceptors (Lipinski definition) is 5. The maximum Gasteiger partial charge on any atom is 0.255 e. The number of aliphatic hydroxyl groups is 1. The van der Waals surface area contributed by atoms with E-state index in [0.717, 1.165) is 17.7 Å². The van der Waals surface area contributed by atoms with Crippen molar-refractivity contribution in [3.05, 3.63) is 83.4 Å². The van der Waals surface area contributed by atoms with Crippen LogP contribution in [0.5, 0.6) is 0 Å².